The Morgan fingerprint density at radius 3 is 2.69 bits per heavy atom. The summed E-state index contributed by atoms with van der Waals surface area (Å²) in [5.74, 6) is 0.656. The van der Waals surface area contributed by atoms with Crippen LogP contribution in [0.15, 0.2) is 0 Å². The first-order valence-electron chi connectivity index (χ1n) is 6.15. The molecule has 4 heteroatoms. The van der Waals surface area contributed by atoms with Gasteiger partial charge in [0.15, 0.2) is 0 Å². The van der Waals surface area contributed by atoms with E-state index in [2.05, 4.69) is 12.2 Å². The number of carbonyl (C=O) groups is 1. The molecule has 0 aromatic rings. The third kappa shape index (κ3) is 1.20. The van der Waals surface area contributed by atoms with E-state index in [9.17, 15) is 4.79 Å². The van der Waals surface area contributed by atoms with Crippen LogP contribution in [0.4, 0.5) is 0 Å². The number of nitrogens with one attached hydrogen (secondary N) is 1. The summed E-state index contributed by atoms with van der Waals surface area (Å²) in [7, 11) is 0. The lowest BCUT2D eigenvalue weighted by Gasteiger charge is -2.46. The standard InChI is InChI=1S/C12H19NO3/c1-9-7-16-8-11(9)6-10(14)13-12(11)2-4-15-5-3-12/h9H,2-8H2,1H3,(H,13,14). The Morgan fingerprint density at radius 2 is 2.06 bits per heavy atom. The molecule has 3 rings (SSSR count). The molecule has 2 atom stereocenters. The summed E-state index contributed by atoms with van der Waals surface area (Å²) >= 11 is 0. The summed E-state index contributed by atoms with van der Waals surface area (Å²) in [6.07, 6.45) is 2.51. The molecule has 3 aliphatic heterocycles. The van der Waals surface area contributed by atoms with Gasteiger partial charge in [0.05, 0.1) is 12.1 Å². The van der Waals surface area contributed by atoms with Gasteiger partial charge in [-0.2, -0.15) is 0 Å². The van der Waals surface area contributed by atoms with Crippen LogP contribution in [0, 0.1) is 11.3 Å². The van der Waals surface area contributed by atoms with Crippen LogP contribution in [-0.4, -0.2) is 37.9 Å². The van der Waals surface area contributed by atoms with Crippen LogP contribution in [0.1, 0.15) is 26.2 Å². The molecule has 4 nitrogen and oxygen atoms in total. The Bertz CT molecular complexity index is 311. The largest absolute Gasteiger partial charge is 0.381 e. The number of hydrogen-bond acceptors (Lipinski definition) is 3. The molecule has 1 N–H and O–H groups in total. The third-order valence-electron chi connectivity index (χ3n) is 4.82. The molecule has 0 aliphatic carbocycles. The highest BCUT2D eigenvalue weighted by molar-refractivity contribution is 5.81. The fourth-order valence-electron chi connectivity index (χ4n) is 3.79. The van der Waals surface area contributed by atoms with E-state index in [1.807, 2.05) is 0 Å². The maximum Gasteiger partial charge on any atom is 0.221 e. The van der Waals surface area contributed by atoms with E-state index in [-0.39, 0.29) is 16.9 Å². The van der Waals surface area contributed by atoms with Gasteiger partial charge < -0.3 is 14.8 Å². The Morgan fingerprint density at radius 1 is 1.31 bits per heavy atom. The molecule has 1 amide bonds. The lowest BCUT2D eigenvalue weighted by Crippen LogP contribution is -2.58. The SMILES string of the molecule is CC1COCC12CC(=O)NC21CCOCC1. The van der Waals surface area contributed by atoms with Crippen molar-refractivity contribution in [2.24, 2.45) is 11.3 Å². The predicted octanol–water partition coefficient (Wildman–Crippen LogP) is 0.708. The topological polar surface area (TPSA) is 47.6 Å². The molecule has 0 saturated carbocycles. The summed E-state index contributed by atoms with van der Waals surface area (Å²) in [6, 6.07) is 0. The Balaban J connectivity index is 1.98. The van der Waals surface area contributed by atoms with Crippen LogP contribution < -0.4 is 5.32 Å². The van der Waals surface area contributed by atoms with Crippen molar-refractivity contribution in [2.75, 3.05) is 26.4 Å². The van der Waals surface area contributed by atoms with Gasteiger partial charge in [-0.3, -0.25) is 4.79 Å². The van der Waals surface area contributed by atoms with Crippen molar-refractivity contribution < 1.29 is 14.3 Å². The van der Waals surface area contributed by atoms with E-state index in [0.717, 1.165) is 39.3 Å². The normalized spacial score (nSPS) is 41.8. The molecule has 3 fully saturated rings. The van der Waals surface area contributed by atoms with Gasteiger partial charge in [-0.15, -0.1) is 0 Å². The molecule has 0 bridgehead atoms. The average molecular weight is 225 g/mol. The number of fused-ring (bicyclic) bond motifs is 1. The van der Waals surface area contributed by atoms with Gasteiger partial charge in [0.2, 0.25) is 5.91 Å². The molecule has 0 aromatic carbocycles. The van der Waals surface area contributed by atoms with Crippen molar-refractivity contribution in [2.45, 2.75) is 31.7 Å². The van der Waals surface area contributed by atoms with E-state index in [0.29, 0.717) is 12.3 Å². The molecule has 3 saturated heterocycles. The highest BCUT2D eigenvalue weighted by Gasteiger charge is 2.62. The molecular weight excluding hydrogens is 206 g/mol. The van der Waals surface area contributed by atoms with E-state index in [1.165, 1.54) is 0 Å². The fraction of sp³-hybridized carbons (Fsp3) is 0.917. The molecular formula is C12H19NO3. The van der Waals surface area contributed by atoms with Gasteiger partial charge in [0.25, 0.3) is 0 Å². The average Bonchev–Trinajstić information content (AvgIpc) is 2.74. The van der Waals surface area contributed by atoms with Crippen LogP contribution >= 0.6 is 0 Å². The van der Waals surface area contributed by atoms with Crippen LogP contribution in [0.25, 0.3) is 0 Å². The smallest absolute Gasteiger partial charge is 0.221 e. The minimum Gasteiger partial charge on any atom is -0.381 e. The highest BCUT2D eigenvalue weighted by Crippen LogP contribution is 2.53. The van der Waals surface area contributed by atoms with Crippen molar-refractivity contribution in [1.82, 2.24) is 5.32 Å². The zero-order chi connectivity index (χ0) is 11.2. The van der Waals surface area contributed by atoms with Crippen molar-refractivity contribution in [3.05, 3.63) is 0 Å². The maximum atomic E-state index is 11.8. The van der Waals surface area contributed by atoms with Crippen molar-refractivity contribution in [3.63, 3.8) is 0 Å². The first kappa shape index (κ1) is 10.5. The van der Waals surface area contributed by atoms with Gasteiger partial charge in [-0.1, -0.05) is 6.92 Å². The number of rotatable bonds is 0. The summed E-state index contributed by atoms with van der Waals surface area (Å²) < 4.78 is 11.1. The third-order valence-corrected chi connectivity index (χ3v) is 4.82. The quantitative estimate of drug-likeness (QED) is 0.660. The summed E-state index contributed by atoms with van der Waals surface area (Å²) in [4.78, 5) is 11.8. The Kier molecular flexibility index (Phi) is 2.27. The van der Waals surface area contributed by atoms with E-state index < -0.39 is 0 Å². The maximum absolute atomic E-state index is 11.8. The van der Waals surface area contributed by atoms with Crippen molar-refractivity contribution in [1.29, 1.82) is 0 Å². The zero-order valence-electron chi connectivity index (χ0n) is 9.75. The summed E-state index contributed by atoms with van der Waals surface area (Å²) in [5, 5.41) is 3.23. The van der Waals surface area contributed by atoms with Gasteiger partial charge in [0.1, 0.15) is 0 Å². The van der Waals surface area contributed by atoms with Crippen LogP contribution in [0.3, 0.4) is 0 Å². The zero-order valence-corrected chi connectivity index (χ0v) is 9.75. The Hall–Kier alpha value is -0.610. The van der Waals surface area contributed by atoms with E-state index in [1.54, 1.807) is 0 Å². The van der Waals surface area contributed by atoms with Gasteiger partial charge in [-0.05, 0) is 18.8 Å². The molecule has 90 valence electrons. The van der Waals surface area contributed by atoms with Crippen LogP contribution in [0.2, 0.25) is 0 Å². The van der Waals surface area contributed by atoms with Crippen molar-refractivity contribution >= 4 is 5.91 Å². The highest BCUT2D eigenvalue weighted by atomic mass is 16.5. The number of amides is 1. The predicted molar refractivity (Wildman–Crippen MR) is 58.0 cm³/mol. The summed E-state index contributed by atoms with van der Waals surface area (Å²) in [6.45, 7) is 5.25. The first-order chi connectivity index (χ1) is 7.69. The van der Waals surface area contributed by atoms with E-state index >= 15 is 0 Å². The minimum absolute atomic E-state index is 0.0217. The molecule has 16 heavy (non-hydrogen) atoms. The monoisotopic (exact) mass is 225 g/mol. The van der Waals surface area contributed by atoms with Crippen LogP contribution in [-0.2, 0) is 14.3 Å². The minimum atomic E-state index is -0.0573. The first-order valence-corrected chi connectivity index (χ1v) is 6.15. The molecule has 3 aliphatic rings. The molecule has 0 aromatic heterocycles. The molecule has 2 unspecified atom stereocenters. The lowest BCUT2D eigenvalue weighted by atomic mass is 9.62. The second-order valence-corrected chi connectivity index (χ2v) is 5.49. The van der Waals surface area contributed by atoms with Gasteiger partial charge in [-0.25, -0.2) is 0 Å². The summed E-state index contributed by atoms with van der Waals surface area (Å²) in [5.41, 5.74) is -0.0356. The van der Waals surface area contributed by atoms with Crippen LogP contribution in [0.5, 0.6) is 0 Å². The fourth-order valence-corrected chi connectivity index (χ4v) is 3.79. The Labute approximate surface area is 95.7 Å². The second kappa shape index (κ2) is 3.44. The number of ether oxygens (including phenoxy) is 2. The number of hydrogen-bond donors (Lipinski definition) is 1. The molecule has 3 heterocycles. The number of carbonyl (C=O) groups excluding carboxylic acids is 1. The molecule has 2 spiro atoms. The van der Waals surface area contributed by atoms with Gasteiger partial charge in [0, 0.05) is 31.7 Å². The van der Waals surface area contributed by atoms with Gasteiger partial charge >= 0.3 is 0 Å². The molecule has 0 radical (unpaired) electrons. The second-order valence-electron chi connectivity index (χ2n) is 5.49. The van der Waals surface area contributed by atoms with Crippen molar-refractivity contribution in [3.8, 4) is 0 Å². The van der Waals surface area contributed by atoms with E-state index in [4.69, 9.17) is 9.47 Å². The lowest BCUT2D eigenvalue weighted by molar-refractivity contribution is -0.120.